The van der Waals surface area contributed by atoms with Crippen LogP contribution in [0.4, 0.5) is 0 Å². The van der Waals surface area contributed by atoms with Crippen LogP contribution in [0.2, 0.25) is 0 Å². The second-order valence-corrected chi connectivity index (χ2v) is 6.81. The summed E-state index contributed by atoms with van der Waals surface area (Å²) in [6.07, 6.45) is 4.96. The highest BCUT2D eigenvalue weighted by Crippen LogP contribution is 2.33. The van der Waals surface area contributed by atoms with Crippen molar-refractivity contribution in [2.45, 2.75) is 71.9 Å². The van der Waals surface area contributed by atoms with Crippen LogP contribution in [0.15, 0.2) is 0 Å². The van der Waals surface area contributed by atoms with E-state index < -0.39 is 5.60 Å². The quantitative estimate of drug-likeness (QED) is 0.774. The molecule has 0 aromatic carbocycles. The molecule has 1 rings (SSSR count). The van der Waals surface area contributed by atoms with E-state index in [0.717, 1.165) is 6.54 Å². The molecule has 2 nitrogen and oxygen atoms in total. The van der Waals surface area contributed by atoms with Gasteiger partial charge in [-0.15, -0.1) is 0 Å². The summed E-state index contributed by atoms with van der Waals surface area (Å²) in [7, 11) is 0. The smallest absolute Gasteiger partial charge is 0.0771 e. The zero-order valence-corrected chi connectivity index (χ0v) is 11.6. The van der Waals surface area contributed by atoms with Gasteiger partial charge in [-0.2, -0.15) is 0 Å². The number of hydrogen-bond acceptors (Lipinski definition) is 2. The van der Waals surface area contributed by atoms with Crippen molar-refractivity contribution in [2.24, 2.45) is 11.3 Å². The van der Waals surface area contributed by atoms with Crippen LogP contribution in [0.5, 0.6) is 0 Å². The van der Waals surface area contributed by atoms with Gasteiger partial charge in [-0.1, -0.05) is 33.6 Å². The first-order valence-corrected chi connectivity index (χ1v) is 6.69. The van der Waals surface area contributed by atoms with E-state index in [-0.39, 0.29) is 5.41 Å². The number of aliphatic hydroxyl groups is 1. The monoisotopic (exact) mass is 227 g/mol. The summed E-state index contributed by atoms with van der Waals surface area (Å²) in [5, 5.41) is 14.0. The highest BCUT2D eigenvalue weighted by molar-refractivity contribution is 4.89. The molecule has 0 radical (unpaired) electrons. The third-order valence-electron chi connectivity index (χ3n) is 4.30. The summed E-state index contributed by atoms with van der Waals surface area (Å²) in [4.78, 5) is 0. The lowest BCUT2D eigenvalue weighted by molar-refractivity contribution is -0.00237. The van der Waals surface area contributed by atoms with E-state index in [1.807, 2.05) is 6.92 Å². The fraction of sp³-hybridized carbons (Fsp3) is 1.00. The summed E-state index contributed by atoms with van der Waals surface area (Å²) < 4.78 is 0. The second kappa shape index (κ2) is 5.05. The van der Waals surface area contributed by atoms with Crippen molar-refractivity contribution in [3.05, 3.63) is 0 Å². The SMILES string of the molecule is CC(NCC(C)(O)C1CCCC1)C(C)(C)C. The molecule has 0 aromatic rings. The maximum atomic E-state index is 10.5. The fourth-order valence-corrected chi connectivity index (χ4v) is 2.36. The molecule has 0 heterocycles. The van der Waals surface area contributed by atoms with Crippen LogP contribution in [0.1, 0.15) is 60.3 Å². The van der Waals surface area contributed by atoms with E-state index in [2.05, 4.69) is 33.0 Å². The van der Waals surface area contributed by atoms with Crippen molar-refractivity contribution in [3.8, 4) is 0 Å². The van der Waals surface area contributed by atoms with Gasteiger partial charge in [-0.3, -0.25) is 0 Å². The third-order valence-corrected chi connectivity index (χ3v) is 4.30. The Labute approximate surface area is 101 Å². The third kappa shape index (κ3) is 3.74. The van der Waals surface area contributed by atoms with E-state index in [1.165, 1.54) is 25.7 Å². The van der Waals surface area contributed by atoms with Crippen LogP contribution in [-0.4, -0.2) is 23.3 Å². The minimum Gasteiger partial charge on any atom is -0.389 e. The molecule has 0 bridgehead atoms. The van der Waals surface area contributed by atoms with Gasteiger partial charge in [0.25, 0.3) is 0 Å². The zero-order chi connectivity index (χ0) is 12.4. The van der Waals surface area contributed by atoms with Crippen molar-refractivity contribution in [3.63, 3.8) is 0 Å². The predicted octanol–water partition coefficient (Wildman–Crippen LogP) is 2.95. The van der Waals surface area contributed by atoms with Crippen LogP contribution in [0.25, 0.3) is 0 Å². The van der Waals surface area contributed by atoms with Gasteiger partial charge < -0.3 is 10.4 Å². The number of nitrogens with one attached hydrogen (secondary N) is 1. The standard InChI is InChI=1S/C14H29NO/c1-11(13(2,3)4)15-10-14(5,16)12-8-6-7-9-12/h11-12,15-16H,6-10H2,1-5H3. The topological polar surface area (TPSA) is 32.3 Å². The summed E-state index contributed by atoms with van der Waals surface area (Å²) in [6.45, 7) is 11.6. The normalized spacial score (nSPS) is 24.4. The molecule has 1 saturated carbocycles. The second-order valence-electron chi connectivity index (χ2n) is 6.81. The molecule has 1 fully saturated rings. The van der Waals surface area contributed by atoms with Gasteiger partial charge in [0, 0.05) is 12.6 Å². The Morgan fingerprint density at radius 2 is 1.69 bits per heavy atom. The molecule has 2 atom stereocenters. The molecule has 1 aliphatic carbocycles. The van der Waals surface area contributed by atoms with Gasteiger partial charge in [-0.05, 0) is 38.0 Å². The van der Waals surface area contributed by atoms with Crippen LogP contribution in [0.3, 0.4) is 0 Å². The van der Waals surface area contributed by atoms with Gasteiger partial charge in [0.1, 0.15) is 0 Å². The van der Waals surface area contributed by atoms with Gasteiger partial charge >= 0.3 is 0 Å². The van der Waals surface area contributed by atoms with Crippen molar-refractivity contribution >= 4 is 0 Å². The van der Waals surface area contributed by atoms with E-state index in [1.54, 1.807) is 0 Å². The molecule has 0 aliphatic heterocycles. The summed E-state index contributed by atoms with van der Waals surface area (Å²) in [5.41, 5.74) is -0.276. The van der Waals surface area contributed by atoms with E-state index in [4.69, 9.17) is 0 Å². The van der Waals surface area contributed by atoms with Crippen molar-refractivity contribution in [2.75, 3.05) is 6.54 Å². The summed E-state index contributed by atoms with van der Waals surface area (Å²) in [6, 6.07) is 0.431. The molecule has 0 amide bonds. The molecular formula is C14H29NO. The Hall–Kier alpha value is -0.0800. The van der Waals surface area contributed by atoms with Crippen molar-refractivity contribution in [1.82, 2.24) is 5.32 Å². The van der Waals surface area contributed by atoms with Crippen LogP contribution < -0.4 is 5.32 Å². The van der Waals surface area contributed by atoms with E-state index in [0.29, 0.717) is 12.0 Å². The van der Waals surface area contributed by atoms with Crippen molar-refractivity contribution < 1.29 is 5.11 Å². The van der Waals surface area contributed by atoms with Crippen LogP contribution in [-0.2, 0) is 0 Å². The average molecular weight is 227 g/mol. The van der Waals surface area contributed by atoms with Crippen molar-refractivity contribution in [1.29, 1.82) is 0 Å². The molecule has 1 aliphatic rings. The van der Waals surface area contributed by atoms with Crippen LogP contribution >= 0.6 is 0 Å². The van der Waals surface area contributed by atoms with Gasteiger partial charge in [0.15, 0.2) is 0 Å². The largest absolute Gasteiger partial charge is 0.389 e. The predicted molar refractivity (Wildman–Crippen MR) is 69.5 cm³/mol. The maximum absolute atomic E-state index is 10.5. The highest BCUT2D eigenvalue weighted by Gasteiger charge is 2.34. The van der Waals surface area contributed by atoms with E-state index in [9.17, 15) is 5.11 Å². The minimum absolute atomic E-state index is 0.256. The molecule has 0 saturated heterocycles. The first-order chi connectivity index (χ1) is 7.23. The Morgan fingerprint density at radius 1 is 1.19 bits per heavy atom. The zero-order valence-electron chi connectivity index (χ0n) is 11.6. The molecular weight excluding hydrogens is 198 g/mol. The Kier molecular flexibility index (Phi) is 4.42. The average Bonchev–Trinajstić information content (AvgIpc) is 2.65. The molecule has 96 valence electrons. The molecule has 16 heavy (non-hydrogen) atoms. The molecule has 0 aromatic heterocycles. The lowest BCUT2D eigenvalue weighted by Gasteiger charge is -2.35. The van der Waals surface area contributed by atoms with E-state index >= 15 is 0 Å². The summed E-state index contributed by atoms with van der Waals surface area (Å²) in [5.74, 6) is 0.493. The first kappa shape index (κ1) is 14.0. The lowest BCUT2D eigenvalue weighted by Crippen LogP contribution is -2.49. The Balaban J connectivity index is 2.41. The minimum atomic E-state index is -0.532. The van der Waals surface area contributed by atoms with Gasteiger partial charge in [0.2, 0.25) is 0 Å². The first-order valence-electron chi connectivity index (χ1n) is 6.69. The fourth-order valence-electron chi connectivity index (χ4n) is 2.36. The lowest BCUT2D eigenvalue weighted by atomic mass is 9.85. The highest BCUT2D eigenvalue weighted by atomic mass is 16.3. The molecule has 2 N–H and O–H groups in total. The Morgan fingerprint density at radius 3 is 2.12 bits per heavy atom. The Bertz CT molecular complexity index is 211. The maximum Gasteiger partial charge on any atom is 0.0771 e. The van der Waals surface area contributed by atoms with Gasteiger partial charge in [0.05, 0.1) is 5.60 Å². The molecule has 2 unspecified atom stereocenters. The number of hydrogen-bond donors (Lipinski definition) is 2. The van der Waals surface area contributed by atoms with Gasteiger partial charge in [-0.25, -0.2) is 0 Å². The molecule has 2 heteroatoms. The number of rotatable bonds is 4. The molecule has 0 spiro atoms. The summed E-state index contributed by atoms with van der Waals surface area (Å²) >= 11 is 0. The van der Waals surface area contributed by atoms with Crippen LogP contribution in [0, 0.1) is 11.3 Å².